The molecule has 2 fully saturated rings. The largest absolute Gasteiger partial charge is 0.344 e. The molecule has 0 aromatic heterocycles. The number of likely N-dealkylation sites (N-methyl/N-ethyl adjacent to an activating group) is 1. The third kappa shape index (κ3) is 4.15. The van der Waals surface area contributed by atoms with E-state index in [2.05, 4.69) is 10.2 Å². The molecular formula is C19H27N3O2. The summed E-state index contributed by atoms with van der Waals surface area (Å²) in [6.45, 7) is 3.99. The molecule has 5 nitrogen and oxygen atoms in total. The first-order valence-corrected chi connectivity index (χ1v) is 9.00. The molecule has 2 aliphatic heterocycles. The van der Waals surface area contributed by atoms with Crippen molar-refractivity contribution >= 4 is 11.8 Å². The lowest BCUT2D eigenvalue weighted by atomic mass is 10.1. The van der Waals surface area contributed by atoms with Crippen molar-refractivity contribution in [1.82, 2.24) is 15.1 Å². The number of nitrogens with zero attached hydrogens (tertiary/aromatic N) is 2. The molecule has 0 radical (unpaired) electrons. The summed E-state index contributed by atoms with van der Waals surface area (Å²) in [6.07, 6.45) is 5.93. The Hall–Kier alpha value is -1.88. The highest BCUT2D eigenvalue weighted by atomic mass is 16.2. The van der Waals surface area contributed by atoms with E-state index in [9.17, 15) is 9.59 Å². The molecule has 0 unspecified atom stereocenters. The maximum absolute atomic E-state index is 12.3. The molecule has 2 heterocycles. The predicted molar refractivity (Wildman–Crippen MR) is 93.7 cm³/mol. The molecule has 130 valence electrons. The zero-order valence-corrected chi connectivity index (χ0v) is 14.5. The van der Waals surface area contributed by atoms with Gasteiger partial charge in [0.2, 0.25) is 5.91 Å². The van der Waals surface area contributed by atoms with E-state index in [0.29, 0.717) is 18.5 Å². The van der Waals surface area contributed by atoms with Crippen LogP contribution in [0.25, 0.3) is 0 Å². The third-order valence-corrected chi connectivity index (χ3v) is 5.05. The fourth-order valence-electron chi connectivity index (χ4n) is 3.51. The molecule has 3 rings (SSSR count). The molecule has 0 aliphatic carbocycles. The molecule has 5 heteroatoms. The first-order chi connectivity index (χ1) is 11.6. The van der Waals surface area contributed by atoms with Gasteiger partial charge in [-0.25, -0.2) is 0 Å². The molecule has 1 aromatic rings. The van der Waals surface area contributed by atoms with Crippen LogP contribution in [-0.4, -0.2) is 54.3 Å². The van der Waals surface area contributed by atoms with E-state index >= 15 is 0 Å². The molecule has 24 heavy (non-hydrogen) atoms. The summed E-state index contributed by atoms with van der Waals surface area (Å²) >= 11 is 0. The highest BCUT2D eigenvalue weighted by Crippen LogP contribution is 2.14. The Balaban J connectivity index is 1.55. The second-order valence-corrected chi connectivity index (χ2v) is 6.96. The monoisotopic (exact) mass is 329 g/mol. The van der Waals surface area contributed by atoms with Crippen molar-refractivity contribution in [3.63, 3.8) is 0 Å². The van der Waals surface area contributed by atoms with Crippen molar-refractivity contribution in [2.75, 3.05) is 26.7 Å². The van der Waals surface area contributed by atoms with Gasteiger partial charge in [-0.1, -0.05) is 25.0 Å². The molecule has 0 spiro atoms. The zero-order chi connectivity index (χ0) is 16.9. The minimum Gasteiger partial charge on any atom is -0.344 e. The summed E-state index contributed by atoms with van der Waals surface area (Å²) in [7, 11) is 1.77. The van der Waals surface area contributed by atoms with E-state index in [1.807, 2.05) is 24.3 Å². The van der Waals surface area contributed by atoms with E-state index in [1.165, 1.54) is 44.3 Å². The van der Waals surface area contributed by atoms with Gasteiger partial charge in [-0.2, -0.15) is 0 Å². The summed E-state index contributed by atoms with van der Waals surface area (Å²) in [5, 5.41) is 2.84. The van der Waals surface area contributed by atoms with E-state index < -0.39 is 0 Å². The normalized spacial score (nSPS) is 22.5. The summed E-state index contributed by atoms with van der Waals surface area (Å²) < 4.78 is 0. The number of likely N-dealkylation sites (tertiary alicyclic amines) is 2. The number of nitrogens with one attached hydrogen (secondary N) is 1. The molecule has 0 saturated carbocycles. The lowest BCUT2D eigenvalue weighted by Gasteiger charge is -2.19. The second kappa shape index (κ2) is 7.79. The second-order valence-electron chi connectivity index (χ2n) is 6.96. The Kier molecular flexibility index (Phi) is 5.51. The number of carbonyl (C=O) groups is 2. The van der Waals surface area contributed by atoms with Gasteiger partial charge in [-0.3, -0.25) is 14.5 Å². The Morgan fingerprint density at radius 1 is 1.08 bits per heavy atom. The number of carbonyl (C=O) groups excluding carboxylic acids is 2. The van der Waals surface area contributed by atoms with Crippen LogP contribution in [0.15, 0.2) is 24.3 Å². The van der Waals surface area contributed by atoms with Gasteiger partial charge in [-0.15, -0.1) is 0 Å². The van der Waals surface area contributed by atoms with E-state index in [-0.39, 0.29) is 17.9 Å². The molecule has 1 aromatic carbocycles. The lowest BCUT2D eigenvalue weighted by Crippen LogP contribution is -2.40. The summed E-state index contributed by atoms with van der Waals surface area (Å²) in [5.41, 5.74) is 1.86. The van der Waals surface area contributed by atoms with Gasteiger partial charge in [0.15, 0.2) is 0 Å². The maximum Gasteiger partial charge on any atom is 0.251 e. The Bertz CT molecular complexity index is 577. The van der Waals surface area contributed by atoms with Gasteiger partial charge in [-0.05, 0) is 50.0 Å². The van der Waals surface area contributed by atoms with E-state index in [0.717, 1.165) is 6.54 Å². The van der Waals surface area contributed by atoms with Gasteiger partial charge in [0.05, 0.1) is 0 Å². The van der Waals surface area contributed by atoms with Crippen molar-refractivity contribution < 1.29 is 9.59 Å². The average Bonchev–Trinajstić information content (AvgIpc) is 2.80. The van der Waals surface area contributed by atoms with Crippen molar-refractivity contribution in [2.45, 2.75) is 44.7 Å². The number of benzene rings is 1. The SMILES string of the molecule is CN1CC[C@H](NC(=O)c2ccc(CN3CCCCCC3)cc2)C1=O. The lowest BCUT2D eigenvalue weighted by molar-refractivity contribution is -0.128. The number of amides is 2. The predicted octanol–water partition coefficient (Wildman–Crippen LogP) is 2.02. The van der Waals surface area contributed by atoms with Crippen LogP contribution in [0.1, 0.15) is 48.0 Å². The number of hydrogen-bond acceptors (Lipinski definition) is 3. The van der Waals surface area contributed by atoms with Crippen molar-refractivity contribution in [3.05, 3.63) is 35.4 Å². The summed E-state index contributed by atoms with van der Waals surface area (Å²) in [4.78, 5) is 28.3. The molecule has 2 saturated heterocycles. The Morgan fingerprint density at radius 2 is 1.75 bits per heavy atom. The maximum atomic E-state index is 12.3. The van der Waals surface area contributed by atoms with E-state index in [1.54, 1.807) is 11.9 Å². The summed E-state index contributed by atoms with van der Waals surface area (Å²) in [6, 6.07) is 7.42. The highest BCUT2D eigenvalue weighted by Gasteiger charge is 2.30. The zero-order valence-electron chi connectivity index (χ0n) is 14.5. The molecule has 1 atom stereocenters. The third-order valence-electron chi connectivity index (χ3n) is 5.05. The standard InChI is InChI=1S/C19H27N3O2/c1-21-13-10-17(19(21)24)20-18(23)16-8-6-15(7-9-16)14-22-11-4-2-3-5-12-22/h6-9,17H,2-5,10-14H2,1H3,(H,20,23)/t17-/m0/s1. The van der Waals surface area contributed by atoms with Crippen molar-refractivity contribution in [3.8, 4) is 0 Å². The first-order valence-electron chi connectivity index (χ1n) is 9.00. The Morgan fingerprint density at radius 3 is 2.33 bits per heavy atom. The van der Waals surface area contributed by atoms with Gasteiger partial charge in [0, 0.05) is 25.7 Å². The number of hydrogen-bond donors (Lipinski definition) is 1. The smallest absolute Gasteiger partial charge is 0.251 e. The average molecular weight is 329 g/mol. The first kappa shape index (κ1) is 17.0. The Labute approximate surface area is 144 Å². The van der Waals surface area contributed by atoms with Crippen molar-refractivity contribution in [2.24, 2.45) is 0 Å². The highest BCUT2D eigenvalue weighted by molar-refractivity contribution is 5.98. The number of rotatable bonds is 4. The van der Waals surface area contributed by atoms with Gasteiger partial charge in [0.1, 0.15) is 6.04 Å². The van der Waals surface area contributed by atoms with Crippen LogP contribution in [0.5, 0.6) is 0 Å². The summed E-state index contributed by atoms with van der Waals surface area (Å²) in [5.74, 6) is -0.161. The van der Waals surface area contributed by atoms with Gasteiger partial charge in [0.25, 0.3) is 5.91 Å². The fraction of sp³-hybridized carbons (Fsp3) is 0.579. The van der Waals surface area contributed by atoms with Crippen LogP contribution >= 0.6 is 0 Å². The molecule has 1 N–H and O–H groups in total. The fourth-order valence-corrected chi connectivity index (χ4v) is 3.51. The van der Waals surface area contributed by atoms with Crippen LogP contribution in [0.4, 0.5) is 0 Å². The van der Waals surface area contributed by atoms with Crippen LogP contribution in [0.3, 0.4) is 0 Å². The molecule has 2 amide bonds. The molecule has 2 aliphatic rings. The van der Waals surface area contributed by atoms with Crippen LogP contribution in [0.2, 0.25) is 0 Å². The minimum absolute atomic E-state index is 0.00105. The van der Waals surface area contributed by atoms with Crippen LogP contribution in [-0.2, 0) is 11.3 Å². The van der Waals surface area contributed by atoms with Crippen LogP contribution in [0, 0.1) is 0 Å². The van der Waals surface area contributed by atoms with Crippen molar-refractivity contribution in [1.29, 1.82) is 0 Å². The van der Waals surface area contributed by atoms with Gasteiger partial charge >= 0.3 is 0 Å². The molecule has 0 bridgehead atoms. The molecular weight excluding hydrogens is 302 g/mol. The quantitative estimate of drug-likeness (QED) is 0.919. The van der Waals surface area contributed by atoms with E-state index in [4.69, 9.17) is 0 Å². The van der Waals surface area contributed by atoms with Gasteiger partial charge < -0.3 is 10.2 Å². The van der Waals surface area contributed by atoms with Crippen LogP contribution < -0.4 is 5.32 Å². The minimum atomic E-state index is -0.376. The topological polar surface area (TPSA) is 52.7 Å².